The Balaban J connectivity index is 1.39. The predicted octanol–water partition coefficient (Wildman–Crippen LogP) is 3.66. The van der Waals surface area contributed by atoms with E-state index in [1.54, 1.807) is 6.20 Å². The lowest BCUT2D eigenvalue weighted by atomic mass is 9.93. The molecule has 0 atom stereocenters. The minimum absolute atomic E-state index is 0.0672. The Morgan fingerprint density at radius 1 is 1.09 bits per heavy atom. The van der Waals surface area contributed by atoms with E-state index in [4.69, 9.17) is 10.2 Å². The summed E-state index contributed by atoms with van der Waals surface area (Å²) >= 11 is 0. The van der Waals surface area contributed by atoms with Gasteiger partial charge in [-0.2, -0.15) is 5.10 Å². The van der Waals surface area contributed by atoms with Crippen LogP contribution >= 0.6 is 0 Å². The lowest BCUT2D eigenvalue weighted by molar-refractivity contribution is 0.0965. The maximum atomic E-state index is 12.1. The van der Waals surface area contributed by atoms with E-state index in [-0.39, 0.29) is 12.0 Å². The molecule has 0 bridgehead atoms. The van der Waals surface area contributed by atoms with E-state index in [0.29, 0.717) is 35.3 Å². The SMILES string of the molecule is Nc1ncc(-c2cnn(C3CCC(O)CC3)c2)c2cc(-c3ccc4c(c3)C(=O)NC4)oc12. The zero-order valence-electron chi connectivity index (χ0n) is 17.4. The largest absolute Gasteiger partial charge is 0.452 e. The van der Waals surface area contributed by atoms with Crippen LogP contribution in [0.2, 0.25) is 0 Å². The van der Waals surface area contributed by atoms with Gasteiger partial charge >= 0.3 is 0 Å². The second kappa shape index (κ2) is 7.20. The Kier molecular flexibility index (Phi) is 4.29. The average molecular weight is 429 g/mol. The molecule has 32 heavy (non-hydrogen) atoms. The van der Waals surface area contributed by atoms with Crippen molar-refractivity contribution in [2.24, 2.45) is 0 Å². The molecule has 4 aromatic rings. The first-order valence-electron chi connectivity index (χ1n) is 10.9. The van der Waals surface area contributed by atoms with Crippen LogP contribution in [0.4, 0.5) is 5.82 Å². The molecule has 3 aromatic heterocycles. The number of hydrogen-bond acceptors (Lipinski definition) is 6. The van der Waals surface area contributed by atoms with Crippen molar-refractivity contribution in [3.63, 3.8) is 0 Å². The maximum absolute atomic E-state index is 12.1. The van der Waals surface area contributed by atoms with Crippen molar-refractivity contribution >= 4 is 22.7 Å². The molecule has 8 nitrogen and oxygen atoms in total. The lowest BCUT2D eigenvalue weighted by Gasteiger charge is -2.25. The normalized spacial score (nSPS) is 20.5. The van der Waals surface area contributed by atoms with Gasteiger partial charge < -0.3 is 20.6 Å². The average Bonchev–Trinajstić information content (AvgIpc) is 3.54. The highest BCUT2D eigenvalue weighted by atomic mass is 16.3. The third-order valence-corrected chi connectivity index (χ3v) is 6.62. The molecular formula is C24H23N5O3. The number of aromatic nitrogens is 3. The summed E-state index contributed by atoms with van der Waals surface area (Å²) in [6.07, 6.45) is 8.86. The summed E-state index contributed by atoms with van der Waals surface area (Å²) in [6.45, 7) is 0.555. The van der Waals surface area contributed by atoms with Crippen molar-refractivity contribution in [3.05, 3.63) is 54.0 Å². The van der Waals surface area contributed by atoms with Crippen molar-refractivity contribution in [3.8, 4) is 22.5 Å². The topological polar surface area (TPSA) is 119 Å². The molecule has 1 saturated carbocycles. The van der Waals surface area contributed by atoms with Gasteiger partial charge in [-0.15, -0.1) is 0 Å². The Morgan fingerprint density at radius 2 is 1.94 bits per heavy atom. The van der Waals surface area contributed by atoms with Crippen LogP contribution in [0.3, 0.4) is 0 Å². The number of benzene rings is 1. The van der Waals surface area contributed by atoms with Crippen molar-refractivity contribution < 1.29 is 14.3 Å². The van der Waals surface area contributed by atoms with Gasteiger partial charge in [-0.25, -0.2) is 4.98 Å². The number of anilines is 1. The molecule has 1 fully saturated rings. The van der Waals surface area contributed by atoms with E-state index in [0.717, 1.165) is 53.3 Å². The number of amides is 1. The van der Waals surface area contributed by atoms with Gasteiger partial charge in [-0.3, -0.25) is 9.48 Å². The van der Waals surface area contributed by atoms with Gasteiger partial charge in [-0.1, -0.05) is 12.1 Å². The smallest absolute Gasteiger partial charge is 0.251 e. The fourth-order valence-electron chi connectivity index (χ4n) is 4.78. The highest BCUT2D eigenvalue weighted by Crippen LogP contribution is 2.38. The van der Waals surface area contributed by atoms with Crippen molar-refractivity contribution in [1.82, 2.24) is 20.1 Å². The fourth-order valence-corrected chi connectivity index (χ4v) is 4.78. The van der Waals surface area contributed by atoms with Gasteiger partial charge in [0.25, 0.3) is 5.91 Å². The molecule has 0 radical (unpaired) electrons. The summed E-state index contributed by atoms with van der Waals surface area (Å²) in [5, 5.41) is 18.1. The number of nitrogens with zero attached hydrogens (tertiary/aromatic N) is 3. The van der Waals surface area contributed by atoms with Gasteiger partial charge in [-0.05, 0) is 43.4 Å². The Labute approximate surface area is 184 Å². The third kappa shape index (κ3) is 3.06. The van der Waals surface area contributed by atoms with Crippen molar-refractivity contribution in [2.75, 3.05) is 5.73 Å². The van der Waals surface area contributed by atoms with Gasteiger partial charge in [0, 0.05) is 46.6 Å². The molecule has 1 aliphatic heterocycles. The summed E-state index contributed by atoms with van der Waals surface area (Å²) in [6, 6.07) is 8.00. The first kappa shape index (κ1) is 19.1. The molecule has 4 N–H and O–H groups in total. The van der Waals surface area contributed by atoms with E-state index in [1.807, 2.05) is 41.3 Å². The number of carbonyl (C=O) groups is 1. The van der Waals surface area contributed by atoms with Crippen LogP contribution in [0.5, 0.6) is 0 Å². The molecular weight excluding hydrogens is 406 g/mol. The molecule has 1 aromatic carbocycles. The van der Waals surface area contributed by atoms with Gasteiger partial charge in [0.2, 0.25) is 0 Å². The summed E-state index contributed by atoms with van der Waals surface area (Å²) in [4.78, 5) is 16.4. The van der Waals surface area contributed by atoms with Crippen LogP contribution in [0.15, 0.2) is 47.3 Å². The first-order chi connectivity index (χ1) is 15.6. The molecule has 1 aliphatic carbocycles. The Hall–Kier alpha value is -3.65. The van der Waals surface area contributed by atoms with Crippen molar-refractivity contribution in [2.45, 2.75) is 44.4 Å². The number of hydrogen-bond donors (Lipinski definition) is 3. The summed E-state index contributed by atoms with van der Waals surface area (Å²) in [5.41, 5.74) is 11.0. The Bertz CT molecular complexity index is 1350. The van der Waals surface area contributed by atoms with E-state index < -0.39 is 0 Å². The number of aliphatic hydroxyl groups excluding tert-OH is 1. The number of furan rings is 1. The number of fused-ring (bicyclic) bond motifs is 2. The van der Waals surface area contributed by atoms with E-state index >= 15 is 0 Å². The lowest BCUT2D eigenvalue weighted by Crippen LogP contribution is -2.21. The summed E-state index contributed by atoms with van der Waals surface area (Å²) < 4.78 is 8.09. The molecule has 0 saturated heterocycles. The van der Waals surface area contributed by atoms with Crippen LogP contribution in [-0.4, -0.2) is 31.9 Å². The maximum Gasteiger partial charge on any atom is 0.251 e. The molecule has 162 valence electrons. The molecule has 1 amide bonds. The zero-order valence-corrected chi connectivity index (χ0v) is 17.4. The molecule has 4 heterocycles. The highest BCUT2D eigenvalue weighted by Gasteiger charge is 2.23. The van der Waals surface area contributed by atoms with E-state index in [1.165, 1.54) is 0 Å². The number of nitrogens with two attached hydrogens (primary N) is 1. The second-order valence-electron chi connectivity index (χ2n) is 8.64. The third-order valence-electron chi connectivity index (χ3n) is 6.62. The highest BCUT2D eigenvalue weighted by molar-refractivity contribution is 6.02. The number of pyridine rings is 1. The quantitative estimate of drug-likeness (QED) is 0.457. The zero-order chi connectivity index (χ0) is 21.8. The molecule has 0 unspecified atom stereocenters. The number of nitrogen functional groups attached to an aromatic ring is 1. The molecule has 8 heteroatoms. The molecule has 2 aliphatic rings. The predicted molar refractivity (Wildman–Crippen MR) is 120 cm³/mol. The molecule has 0 spiro atoms. The van der Waals surface area contributed by atoms with Crippen molar-refractivity contribution in [1.29, 1.82) is 0 Å². The van der Waals surface area contributed by atoms with Crippen LogP contribution in [0.1, 0.15) is 47.6 Å². The van der Waals surface area contributed by atoms with Crippen LogP contribution in [0.25, 0.3) is 33.4 Å². The number of aliphatic hydroxyl groups is 1. The number of rotatable bonds is 3. The summed E-state index contributed by atoms with van der Waals surface area (Å²) in [7, 11) is 0. The fraction of sp³-hybridized carbons (Fsp3) is 0.292. The summed E-state index contributed by atoms with van der Waals surface area (Å²) in [5.74, 6) is 0.891. The second-order valence-corrected chi connectivity index (χ2v) is 8.64. The molecule has 6 rings (SSSR count). The Morgan fingerprint density at radius 3 is 2.78 bits per heavy atom. The minimum Gasteiger partial charge on any atom is -0.452 e. The van der Waals surface area contributed by atoms with E-state index in [2.05, 4.69) is 15.4 Å². The van der Waals surface area contributed by atoms with Gasteiger partial charge in [0.15, 0.2) is 11.4 Å². The minimum atomic E-state index is -0.197. The van der Waals surface area contributed by atoms with Crippen LogP contribution < -0.4 is 11.1 Å². The van der Waals surface area contributed by atoms with Crippen LogP contribution in [-0.2, 0) is 6.54 Å². The standard InChI is InChI=1S/C24H23N5O3/c25-23-22-19(8-21(32-22)13-1-2-14-9-27-24(31)18(14)7-13)20(11-26-23)15-10-28-29(12-15)16-3-5-17(30)6-4-16/h1-2,7-8,10-12,16-17,30H,3-6,9H2,(H2,25,26)(H,27,31). The monoisotopic (exact) mass is 429 g/mol. The van der Waals surface area contributed by atoms with Gasteiger partial charge in [0.1, 0.15) is 5.76 Å². The van der Waals surface area contributed by atoms with E-state index in [9.17, 15) is 9.90 Å². The number of carbonyl (C=O) groups excluding carboxylic acids is 1. The van der Waals surface area contributed by atoms with Crippen LogP contribution in [0, 0.1) is 0 Å². The first-order valence-corrected chi connectivity index (χ1v) is 10.9. The number of nitrogens with one attached hydrogen (secondary N) is 1. The van der Waals surface area contributed by atoms with Gasteiger partial charge in [0.05, 0.1) is 18.3 Å².